The quantitative estimate of drug-likeness (QED) is 0.714. The number of hydrogen-bond donors (Lipinski definition) is 2. The van der Waals surface area contributed by atoms with E-state index in [2.05, 4.69) is 0 Å². The lowest BCUT2D eigenvalue weighted by Gasteiger charge is -2.34. The molecule has 0 bridgehead atoms. The molecule has 1 amide bonds. The molecule has 1 aromatic heterocycles. The monoisotopic (exact) mass is 379 g/mol. The molecule has 6 nitrogen and oxygen atoms in total. The average Bonchev–Trinajstić information content (AvgIpc) is 3.12. The smallest absolute Gasteiger partial charge is 0.254 e. The Morgan fingerprint density at radius 3 is 2.61 bits per heavy atom. The van der Waals surface area contributed by atoms with Crippen molar-refractivity contribution in [3.63, 3.8) is 0 Å². The normalized spacial score (nSPS) is 17.2. The maximum absolute atomic E-state index is 12.9. The van der Waals surface area contributed by atoms with Gasteiger partial charge in [0.1, 0.15) is 5.82 Å². The number of aromatic nitrogens is 2. The summed E-state index contributed by atoms with van der Waals surface area (Å²) in [6, 6.07) is 15.2. The molecular formula is C22H25N3O3. The van der Waals surface area contributed by atoms with Gasteiger partial charge in [-0.1, -0.05) is 24.3 Å². The zero-order valence-corrected chi connectivity index (χ0v) is 15.8. The van der Waals surface area contributed by atoms with E-state index in [0.29, 0.717) is 18.7 Å². The fourth-order valence-corrected chi connectivity index (χ4v) is 4.01. The highest BCUT2D eigenvalue weighted by Gasteiger charge is 2.26. The van der Waals surface area contributed by atoms with Crippen molar-refractivity contribution in [3.05, 3.63) is 54.1 Å². The SMILES string of the molecule is O=C(c1ccc(-c2nc3ccccc3n2CCO)cc1)N1CCCC[C@H]1CO. The van der Waals surface area contributed by atoms with E-state index in [9.17, 15) is 15.0 Å². The summed E-state index contributed by atoms with van der Waals surface area (Å²) in [7, 11) is 0. The van der Waals surface area contributed by atoms with Gasteiger partial charge < -0.3 is 19.7 Å². The summed E-state index contributed by atoms with van der Waals surface area (Å²) in [5.41, 5.74) is 3.38. The third kappa shape index (κ3) is 3.41. The Morgan fingerprint density at radius 1 is 1.07 bits per heavy atom. The molecule has 4 rings (SSSR count). The van der Waals surface area contributed by atoms with E-state index in [-0.39, 0.29) is 25.2 Å². The van der Waals surface area contributed by atoms with Gasteiger partial charge in [-0.05, 0) is 43.5 Å². The van der Waals surface area contributed by atoms with Gasteiger partial charge in [0.25, 0.3) is 5.91 Å². The van der Waals surface area contributed by atoms with Crippen LogP contribution in [-0.4, -0.2) is 56.4 Å². The Hall–Kier alpha value is -2.70. The number of carbonyl (C=O) groups is 1. The number of fused-ring (bicyclic) bond motifs is 1. The molecule has 2 heterocycles. The van der Waals surface area contributed by atoms with Crippen molar-refractivity contribution in [2.45, 2.75) is 31.8 Å². The summed E-state index contributed by atoms with van der Waals surface area (Å²) in [5, 5.41) is 19.0. The standard InChI is InChI=1S/C22H25N3O3/c26-14-13-25-20-7-2-1-6-19(20)23-21(25)16-8-10-17(11-9-16)22(28)24-12-4-3-5-18(24)15-27/h1-2,6-11,18,26-27H,3-5,12-15H2/t18-/m0/s1. The van der Waals surface area contributed by atoms with Crippen LogP contribution in [0.2, 0.25) is 0 Å². The largest absolute Gasteiger partial charge is 0.395 e. The fraction of sp³-hybridized carbons (Fsp3) is 0.364. The number of nitrogens with zero attached hydrogens (tertiary/aromatic N) is 3. The number of aliphatic hydroxyl groups is 2. The number of benzene rings is 2. The van der Waals surface area contributed by atoms with Gasteiger partial charge in [0.2, 0.25) is 0 Å². The minimum absolute atomic E-state index is 0.00894. The van der Waals surface area contributed by atoms with Crippen LogP contribution in [0.15, 0.2) is 48.5 Å². The molecule has 1 aliphatic rings. The first kappa shape index (κ1) is 18.7. The highest BCUT2D eigenvalue weighted by atomic mass is 16.3. The predicted molar refractivity (Wildman–Crippen MR) is 108 cm³/mol. The van der Waals surface area contributed by atoms with E-state index < -0.39 is 0 Å². The first-order valence-electron chi connectivity index (χ1n) is 9.81. The van der Waals surface area contributed by atoms with Gasteiger partial charge in [-0.15, -0.1) is 0 Å². The fourth-order valence-electron chi connectivity index (χ4n) is 4.01. The van der Waals surface area contributed by atoms with E-state index in [1.807, 2.05) is 53.1 Å². The zero-order valence-electron chi connectivity index (χ0n) is 15.8. The Bertz CT molecular complexity index is 965. The van der Waals surface area contributed by atoms with E-state index in [1.165, 1.54) is 0 Å². The van der Waals surface area contributed by atoms with Crippen LogP contribution in [0.5, 0.6) is 0 Å². The van der Waals surface area contributed by atoms with Crippen molar-refractivity contribution in [1.82, 2.24) is 14.5 Å². The predicted octanol–water partition coefficient (Wildman–Crippen LogP) is 2.68. The molecule has 28 heavy (non-hydrogen) atoms. The van der Waals surface area contributed by atoms with Crippen molar-refractivity contribution >= 4 is 16.9 Å². The van der Waals surface area contributed by atoms with E-state index in [0.717, 1.165) is 41.7 Å². The first-order valence-corrected chi connectivity index (χ1v) is 9.81. The van der Waals surface area contributed by atoms with E-state index >= 15 is 0 Å². The number of hydrogen-bond acceptors (Lipinski definition) is 4. The molecule has 1 aliphatic heterocycles. The Balaban J connectivity index is 1.64. The molecule has 2 aromatic carbocycles. The number of piperidine rings is 1. The Kier molecular flexibility index (Phi) is 5.41. The zero-order chi connectivity index (χ0) is 19.5. The van der Waals surface area contributed by atoms with Crippen LogP contribution < -0.4 is 0 Å². The van der Waals surface area contributed by atoms with Crippen LogP contribution in [0.3, 0.4) is 0 Å². The lowest BCUT2D eigenvalue weighted by molar-refractivity contribution is 0.0503. The summed E-state index contributed by atoms with van der Waals surface area (Å²) in [6.45, 7) is 1.19. The minimum Gasteiger partial charge on any atom is -0.395 e. The third-order valence-corrected chi connectivity index (χ3v) is 5.47. The van der Waals surface area contributed by atoms with Crippen LogP contribution in [0.1, 0.15) is 29.6 Å². The maximum Gasteiger partial charge on any atom is 0.254 e. The first-order chi connectivity index (χ1) is 13.7. The number of imidazole rings is 1. The van der Waals surface area contributed by atoms with Crippen molar-refractivity contribution in [1.29, 1.82) is 0 Å². The second-order valence-electron chi connectivity index (χ2n) is 7.21. The molecule has 0 unspecified atom stereocenters. The van der Waals surface area contributed by atoms with Gasteiger partial charge in [0.05, 0.1) is 30.3 Å². The van der Waals surface area contributed by atoms with Gasteiger partial charge in [0.15, 0.2) is 0 Å². The lowest BCUT2D eigenvalue weighted by atomic mass is 10.0. The highest BCUT2D eigenvalue weighted by molar-refractivity contribution is 5.95. The van der Waals surface area contributed by atoms with Crippen molar-refractivity contribution in [3.8, 4) is 11.4 Å². The molecular weight excluding hydrogens is 354 g/mol. The molecule has 3 aromatic rings. The Morgan fingerprint density at radius 2 is 1.86 bits per heavy atom. The number of aliphatic hydroxyl groups excluding tert-OH is 2. The summed E-state index contributed by atoms with van der Waals surface area (Å²) < 4.78 is 2.00. The van der Waals surface area contributed by atoms with Crippen LogP contribution >= 0.6 is 0 Å². The van der Waals surface area contributed by atoms with Crippen molar-refractivity contribution in [2.24, 2.45) is 0 Å². The van der Waals surface area contributed by atoms with Crippen LogP contribution in [0.4, 0.5) is 0 Å². The van der Waals surface area contributed by atoms with E-state index in [1.54, 1.807) is 4.90 Å². The second-order valence-corrected chi connectivity index (χ2v) is 7.21. The summed E-state index contributed by atoms with van der Waals surface area (Å²) >= 11 is 0. The van der Waals surface area contributed by atoms with E-state index in [4.69, 9.17) is 4.98 Å². The van der Waals surface area contributed by atoms with Crippen molar-refractivity contribution < 1.29 is 15.0 Å². The van der Waals surface area contributed by atoms with Crippen LogP contribution in [0, 0.1) is 0 Å². The molecule has 2 N–H and O–H groups in total. The average molecular weight is 379 g/mol. The third-order valence-electron chi connectivity index (χ3n) is 5.47. The summed E-state index contributed by atoms with van der Waals surface area (Å²) in [5.74, 6) is 0.745. The number of carbonyl (C=O) groups excluding carboxylic acids is 1. The second kappa shape index (κ2) is 8.12. The summed E-state index contributed by atoms with van der Waals surface area (Å²) in [4.78, 5) is 19.4. The molecule has 6 heteroatoms. The highest BCUT2D eigenvalue weighted by Crippen LogP contribution is 2.26. The molecule has 1 fully saturated rings. The topological polar surface area (TPSA) is 78.6 Å². The lowest BCUT2D eigenvalue weighted by Crippen LogP contribution is -2.45. The van der Waals surface area contributed by atoms with Crippen LogP contribution in [-0.2, 0) is 6.54 Å². The van der Waals surface area contributed by atoms with Crippen molar-refractivity contribution in [2.75, 3.05) is 19.8 Å². The minimum atomic E-state index is -0.0883. The van der Waals surface area contributed by atoms with Crippen LogP contribution in [0.25, 0.3) is 22.4 Å². The molecule has 0 spiro atoms. The molecule has 1 saturated heterocycles. The van der Waals surface area contributed by atoms with Gasteiger partial charge in [-0.25, -0.2) is 4.98 Å². The number of likely N-dealkylation sites (tertiary alicyclic amines) is 1. The number of rotatable bonds is 5. The van der Waals surface area contributed by atoms with Gasteiger partial charge in [-0.3, -0.25) is 4.79 Å². The van der Waals surface area contributed by atoms with Gasteiger partial charge in [-0.2, -0.15) is 0 Å². The molecule has 0 saturated carbocycles. The van der Waals surface area contributed by atoms with Gasteiger partial charge in [0, 0.05) is 24.2 Å². The van der Waals surface area contributed by atoms with Gasteiger partial charge >= 0.3 is 0 Å². The maximum atomic E-state index is 12.9. The Labute approximate surface area is 164 Å². The number of amides is 1. The summed E-state index contributed by atoms with van der Waals surface area (Å²) in [6.07, 6.45) is 2.88. The number of para-hydroxylation sites is 2. The molecule has 146 valence electrons. The molecule has 0 aliphatic carbocycles. The molecule has 1 atom stereocenters. The molecule has 0 radical (unpaired) electrons.